The molecule has 0 amide bonds. The van der Waals surface area contributed by atoms with Gasteiger partial charge in [0.2, 0.25) is 0 Å². The van der Waals surface area contributed by atoms with Crippen molar-refractivity contribution in [1.29, 1.82) is 0 Å². The van der Waals surface area contributed by atoms with Crippen molar-refractivity contribution in [1.82, 2.24) is 15.1 Å². The lowest BCUT2D eigenvalue weighted by Gasteiger charge is -2.24. The molecule has 2 rings (SSSR count). The second-order valence-corrected chi connectivity index (χ2v) is 5.57. The van der Waals surface area contributed by atoms with E-state index in [1.54, 1.807) is 0 Å². The molecule has 1 aliphatic rings. The molecule has 4 heteroatoms. The van der Waals surface area contributed by atoms with Gasteiger partial charge in [0.05, 0.1) is 18.3 Å². The van der Waals surface area contributed by atoms with E-state index >= 15 is 0 Å². The fraction of sp³-hybridized carbons (Fsp3) is 0.812. The highest BCUT2D eigenvalue weighted by atomic mass is 16.5. The molecule has 1 aliphatic heterocycles. The van der Waals surface area contributed by atoms with Crippen molar-refractivity contribution in [3.05, 3.63) is 17.0 Å². The van der Waals surface area contributed by atoms with Gasteiger partial charge in [0, 0.05) is 24.4 Å². The van der Waals surface area contributed by atoms with E-state index in [-0.39, 0.29) is 0 Å². The summed E-state index contributed by atoms with van der Waals surface area (Å²) in [5.74, 6) is 0. The number of nitrogens with zero attached hydrogens (tertiary/aromatic N) is 2. The molecule has 1 aromatic rings. The first-order chi connectivity index (χ1) is 9.81. The summed E-state index contributed by atoms with van der Waals surface area (Å²) < 4.78 is 7.91. The highest BCUT2D eigenvalue weighted by molar-refractivity contribution is 5.27. The molecule has 0 saturated carbocycles. The van der Waals surface area contributed by atoms with Gasteiger partial charge in [0.25, 0.3) is 0 Å². The van der Waals surface area contributed by atoms with Crippen LogP contribution in [0.25, 0.3) is 0 Å². The predicted molar refractivity (Wildman–Crippen MR) is 82.1 cm³/mol. The summed E-state index contributed by atoms with van der Waals surface area (Å²) in [5.41, 5.74) is 4.09. The molecule has 2 heterocycles. The van der Waals surface area contributed by atoms with Crippen LogP contribution in [0, 0.1) is 0 Å². The van der Waals surface area contributed by atoms with Crippen LogP contribution in [0.3, 0.4) is 0 Å². The lowest BCUT2D eigenvalue weighted by atomic mass is 10.1. The molecule has 114 valence electrons. The second-order valence-electron chi connectivity index (χ2n) is 5.57. The van der Waals surface area contributed by atoms with Crippen molar-refractivity contribution >= 4 is 0 Å². The SMILES string of the molecule is CCCNCc1c(CC)nn(C2CCCOC2)c1CC. The Kier molecular flexibility index (Phi) is 6.05. The van der Waals surface area contributed by atoms with Gasteiger partial charge in [-0.3, -0.25) is 4.68 Å². The minimum Gasteiger partial charge on any atom is -0.379 e. The van der Waals surface area contributed by atoms with Crippen molar-refractivity contribution in [3.8, 4) is 0 Å². The molecule has 20 heavy (non-hydrogen) atoms. The first-order valence-electron chi connectivity index (χ1n) is 8.19. The number of ether oxygens (including phenoxy) is 1. The van der Waals surface area contributed by atoms with Gasteiger partial charge in [0.1, 0.15) is 0 Å². The van der Waals surface area contributed by atoms with Crippen molar-refractivity contribution < 1.29 is 4.74 Å². The van der Waals surface area contributed by atoms with Gasteiger partial charge in [-0.1, -0.05) is 20.8 Å². The molecule has 1 aromatic heterocycles. The zero-order chi connectivity index (χ0) is 14.4. The summed E-state index contributed by atoms with van der Waals surface area (Å²) in [7, 11) is 0. The summed E-state index contributed by atoms with van der Waals surface area (Å²) in [4.78, 5) is 0. The third-order valence-corrected chi connectivity index (χ3v) is 4.08. The van der Waals surface area contributed by atoms with Crippen LogP contribution in [0.2, 0.25) is 0 Å². The molecule has 4 nitrogen and oxygen atoms in total. The zero-order valence-corrected chi connectivity index (χ0v) is 13.2. The standard InChI is InChI=1S/C16H29N3O/c1-4-9-17-11-14-15(5-2)18-19(16(14)6-3)13-8-7-10-20-12-13/h13,17H,4-12H2,1-3H3. The van der Waals surface area contributed by atoms with Gasteiger partial charge >= 0.3 is 0 Å². The van der Waals surface area contributed by atoms with Gasteiger partial charge < -0.3 is 10.1 Å². The molecule has 0 spiro atoms. The topological polar surface area (TPSA) is 39.1 Å². The Bertz CT molecular complexity index is 408. The van der Waals surface area contributed by atoms with Crippen LogP contribution in [-0.4, -0.2) is 29.5 Å². The Balaban J connectivity index is 2.22. The van der Waals surface area contributed by atoms with Crippen LogP contribution in [-0.2, 0) is 24.1 Å². The molecular weight excluding hydrogens is 250 g/mol. The number of hydrogen-bond donors (Lipinski definition) is 1. The van der Waals surface area contributed by atoms with Gasteiger partial charge in [-0.15, -0.1) is 0 Å². The van der Waals surface area contributed by atoms with E-state index in [0.717, 1.165) is 45.6 Å². The quantitative estimate of drug-likeness (QED) is 0.780. The molecule has 0 aliphatic carbocycles. The van der Waals surface area contributed by atoms with Crippen LogP contribution in [0.5, 0.6) is 0 Å². The van der Waals surface area contributed by atoms with E-state index in [1.165, 1.54) is 29.8 Å². The van der Waals surface area contributed by atoms with Gasteiger partial charge in [0.15, 0.2) is 0 Å². The minimum absolute atomic E-state index is 0.434. The molecule has 1 unspecified atom stereocenters. The molecule has 1 atom stereocenters. The largest absolute Gasteiger partial charge is 0.379 e. The van der Waals surface area contributed by atoms with E-state index in [4.69, 9.17) is 9.84 Å². The van der Waals surface area contributed by atoms with Crippen LogP contribution in [0.15, 0.2) is 0 Å². The van der Waals surface area contributed by atoms with Gasteiger partial charge in [-0.2, -0.15) is 5.10 Å². The minimum atomic E-state index is 0.434. The van der Waals surface area contributed by atoms with Crippen molar-refractivity contribution in [2.45, 2.75) is 65.5 Å². The van der Waals surface area contributed by atoms with E-state index in [9.17, 15) is 0 Å². The average molecular weight is 279 g/mol. The highest BCUT2D eigenvalue weighted by Crippen LogP contribution is 2.25. The summed E-state index contributed by atoms with van der Waals surface area (Å²) in [5, 5.41) is 8.43. The van der Waals surface area contributed by atoms with E-state index < -0.39 is 0 Å². The molecule has 0 radical (unpaired) electrons. The third kappa shape index (κ3) is 3.41. The predicted octanol–water partition coefficient (Wildman–Crippen LogP) is 2.86. The van der Waals surface area contributed by atoms with E-state index in [1.807, 2.05) is 0 Å². The maximum absolute atomic E-state index is 5.64. The van der Waals surface area contributed by atoms with Crippen LogP contribution in [0.1, 0.15) is 63.0 Å². The number of rotatable bonds is 7. The average Bonchev–Trinajstić information content (AvgIpc) is 2.86. The molecule has 0 aromatic carbocycles. The molecular formula is C16H29N3O. The first kappa shape index (κ1) is 15.5. The Hall–Kier alpha value is -0.870. The van der Waals surface area contributed by atoms with Crippen LogP contribution >= 0.6 is 0 Å². The molecule has 1 fully saturated rings. The van der Waals surface area contributed by atoms with Crippen LogP contribution in [0.4, 0.5) is 0 Å². The molecule has 0 bridgehead atoms. The first-order valence-corrected chi connectivity index (χ1v) is 8.19. The number of nitrogens with one attached hydrogen (secondary N) is 1. The summed E-state index contributed by atoms with van der Waals surface area (Å²) in [6, 6.07) is 0.434. The highest BCUT2D eigenvalue weighted by Gasteiger charge is 2.23. The second kappa shape index (κ2) is 7.79. The van der Waals surface area contributed by atoms with Crippen LogP contribution < -0.4 is 5.32 Å². The summed E-state index contributed by atoms with van der Waals surface area (Å²) in [6.07, 6.45) is 5.58. The maximum Gasteiger partial charge on any atom is 0.0756 e. The van der Waals surface area contributed by atoms with Gasteiger partial charge in [-0.05, 0) is 38.6 Å². The monoisotopic (exact) mass is 279 g/mol. The molecule has 1 N–H and O–H groups in total. The Labute approximate surface area is 122 Å². The maximum atomic E-state index is 5.64. The fourth-order valence-corrected chi connectivity index (χ4v) is 3.03. The third-order valence-electron chi connectivity index (χ3n) is 4.08. The van der Waals surface area contributed by atoms with E-state index in [0.29, 0.717) is 6.04 Å². The Morgan fingerprint density at radius 1 is 1.30 bits per heavy atom. The van der Waals surface area contributed by atoms with Crippen molar-refractivity contribution in [2.75, 3.05) is 19.8 Å². The number of aryl methyl sites for hydroxylation is 1. The number of aromatic nitrogens is 2. The normalized spacial score (nSPS) is 19.4. The van der Waals surface area contributed by atoms with Gasteiger partial charge in [-0.25, -0.2) is 0 Å². The van der Waals surface area contributed by atoms with E-state index in [2.05, 4.69) is 30.8 Å². The van der Waals surface area contributed by atoms with Crippen molar-refractivity contribution in [3.63, 3.8) is 0 Å². The summed E-state index contributed by atoms with van der Waals surface area (Å²) in [6.45, 7) is 10.4. The summed E-state index contributed by atoms with van der Waals surface area (Å²) >= 11 is 0. The fourth-order valence-electron chi connectivity index (χ4n) is 3.03. The smallest absolute Gasteiger partial charge is 0.0756 e. The van der Waals surface area contributed by atoms with Crippen molar-refractivity contribution in [2.24, 2.45) is 0 Å². The molecule has 1 saturated heterocycles. The zero-order valence-electron chi connectivity index (χ0n) is 13.2. The number of hydrogen-bond acceptors (Lipinski definition) is 3. The Morgan fingerprint density at radius 3 is 2.75 bits per heavy atom. The lowest BCUT2D eigenvalue weighted by Crippen LogP contribution is -2.24. The lowest BCUT2D eigenvalue weighted by molar-refractivity contribution is 0.0538. The Morgan fingerprint density at radius 2 is 2.15 bits per heavy atom.